The van der Waals surface area contributed by atoms with Gasteiger partial charge in [0.15, 0.2) is 11.5 Å². The van der Waals surface area contributed by atoms with Crippen molar-refractivity contribution in [2.24, 2.45) is 0 Å². The fraction of sp³-hybridized carbons (Fsp3) is 0.143. The Kier molecular flexibility index (Phi) is 4.38. The van der Waals surface area contributed by atoms with Crippen LogP contribution in [-0.2, 0) is 0 Å². The first-order valence-corrected chi connectivity index (χ1v) is 8.68. The quantitative estimate of drug-likeness (QED) is 0.563. The molecular weight excluding hydrogens is 342 g/mol. The van der Waals surface area contributed by atoms with E-state index in [-0.39, 0.29) is 5.56 Å². The molecule has 27 heavy (non-hydrogen) atoms. The summed E-state index contributed by atoms with van der Waals surface area (Å²) >= 11 is 0. The van der Waals surface area contributed by atoms with E-state index >= 15 is 0 Å². The Morgan fingerprint density at radius 3 is 2.70 bits per heavy atom. The smallest absolute Gasteiger partial charge is 0.274 e. The van der Waals surface area contributed by atoms with Gasteiger partial charge in [0.1, 0.15) is 5.69 Å². The Balaban J connectivity index is 1.83. The van der Waals surface area contributed by atoms with Crippen molar-refractivity contribution in [3.8, 4) is 34.0 Å². The van der Waals surface area contributed by atoms with E-state index in [9.17, 15) is 4.79 Å². The number of benzene rings is 2. The molecule has 2 aromatic heterocycles. The van der Waals surface area contributed by atoms with Crippen molar-refractivity contribution in [1.82, 2.24) is 15.0 Å². The first-order valence-electron chi connectivity index (χ1n) is 8.68. The fourth-order valence-corrected chi connectivity index (χ4v) is 3.11. The van der Waals surface area contributed by atoms with E-state index in [4.69, 9.17) is 9.47 Å². The highest BCUT2D eigenvalue weighted by atomic mass is 16.5. The second-order valence-electron chi connectivity index (χ2n) is 6.01. The highest BCUT2D eigenvalue weighted by molar-refractivity contribution is 5.94. The molecule has 0 fully saturated rings. The molecule has 4 aromatic rings. The zero-order valence-corrected chi connectivity index (χ0v) is 15.1. The molecular formula is C21H19N3O3. The number of methoxy groups -OCH3 is 1. The minimum Gasteiger partial charge on any atom is -0.493 e. The van der Waals surface area contributed by atoms with E-state index in [1.54, 1.807) is 25.4 Å². The fourth-order valence-electron chi connectivity index (χ4n) is 3.11. The summed E-state index contributed by atoms with van der Waals surface area (Å²) in [6.45, 7) is 2.44. The standard InChI is InChI=1S/C21H19N3O3/c1-3-27-18-9-8-13(10-19(18)26-2)20-21(25)23-12-17(24-20)15-11-22-16-7-5-4-6-14(15)16/h4-12,22H,3H2,1-2H3,(H,23,25). The summed E-state index contributed by atoms with van der Waals surface area (Å²) < 4.78 is 10.9. The van der Waals surface area contributed by atoms with Gasteiger partial charge in [-0.15, -0.1) is 0 Å². The Morgan fingerprint density at radius 2 is 1.89 bits per heavy atom. The number of para-hydroxylation sites is 1. The second kappa shape index (κ2) is 6.99. The number of fused-ring (bicyclic) bond motifs is 1. The zero-order chi connectivity index (χ0) is 18.8. The molecule has 0 aliphatic heterocycles. The van der Waals surface area contributed by atoms with Gasteiger partial charge in [0.2, 0.25) is 0 Å². The van der Waals surface area contributed by atoms with Crippen LogP contribution in [0.4, 0.5) is 0 Å². The van der Waals surface area contributed by atoms with Crippen LogP contribution in [0.15, 0.2) is 59.7 Å². The van der Waals surface area contributed by atoms with Crippen LogP contribution in [0.3, 0.4) is 0 Å². The van der Waals surface area contributed by atoms with Gasteiger partial charge in [-0.3, -0.25) is 4.79 Å². The van der Waals surface area contributed by atoms with Gasteiger partial charge in [0.25, 0.3) is 5.56 Å². The molecule has 0 unspecified atom stereocenters. The molecule has 0 spiro atoms. The molecule has 2 aromatic carbocycles. The van der Waals surface area contributed by atoms with E-state index in [1.165, 1.54) is 0 Å². The number of rotatable bonds is 5. The monoisotopic (exact) mass is 361 g/mol. The van der Waals surface area contributed by atoms with Crippen molar-refractivity contribution in [3.63, 3.8) is 0 Å². The number of aromatic nitrogens is 3. The summed E-state index contributed by atoms with van der Waals surface area (Å²) in [5.41, 5.74) is 3.38. The van der Waals surface area contributed by atoms with Gasteiger partial charge >= 0.3 is 0 Å². The molecule has 0 amide bonds. The first-order chi connectivity index (χ1) is 13.2. The van der Waals surface area contributed by atoms with Crippen molar-refractivity contribution >= 4 is 10.9 Å². The maximum Gasteiger partial charge on any atom is 0.274 e. The molecule has 4 rings (SSSR count). The van der Waals surface area contributed by atoms with Gasteiger partial charge in [-0.2, -0.15) is 0 Å². The predicted octanol–water partition coefficient (Wildman–Crippen LogP) is 3.99. The van der Waals surface area contributed by atoms with Gasteiger partial charge in [-0.25, -0.2) is 4.98 Å². The van der Waals surface area contributed by atoms with Gasteiger partial charge in [-0.1, -0.05) is 18.2 Å². The SMILES string of the molecule is CCOc1ccc(-c2nc(-c3c[nH]c4ccccc34)c[nH]c2=O)cc1OC. The molecule has 136 valence electrons. The van der Waals surface area contributed by atoms with Crippen molar-refractivity contribution in [3.05, 3.63) is 65.2 Å². The zero-order valence-electron chi connectivity index (χ0n) is 15.1. The molecule has 0 radical (unpaired) electrons. The lowest BCUT2D eigenvalue weighted by Crippen LogP contribution is -2.11. The van der Waals surface area contributed by atoms with Crippen molar-refractivity contribution in [1.29, 1.82) is 0 Å². The Labute approximate surface area is 155 Å². The molecule has 0 aliphatic rings. The number of hydrogen-bond acceptors (Lipinski definition) is 4. The van der Waals surface area contributed by atoms with Crippen molar-refractivity contribution in [2.75, 3.05) is 13.7 Å². The lowest BCUT2D eigenvalue weighted by molar-refractivity contribution is 0.311. The highest BCUT2D eigenvalue weighted by Gasteiger charge is 2.14. The van der Waals surface area contributed by atoms with Crippen molar-refractivity contribution < 1.29 is 9.47 Å². The molecule has 0 saturated heterocycles. The molecule has 6 nitrogen and oxygen atoms in total. The molecule has 0 aliphatic carbocycles. The van der Waals surface area contributed by atoms with Gasteiger partial charge in [0, 0.05) is 34.4 Å². The maximum atomic E-state index is 12.4. The Bertz CT molecular complexity index is 1160. The van der Waals surface area contributed by atoms with Crippen LogP contribution < -0.4 is 15.0 Å². The van der Waals surface area contributed by atoms with E-state index in [0.29, 0.717) is 35.1 Å². The third-order valence-electron chi connectivity index (χ3n) is 4.39. The van der Waals surface area contributed by atoms with Crippen LogP contribution >= 0.6 is 0 Å². The summed E-state index contributed by atoms with van der Waals surface area (Å²) in [4.78, 5) is 23.1. The van der Waals surface area contributed by atoms with Gasteiger partial charge in [-0.05, 0) is 31.2 Å². The number of ether oxygens (including phenoxy) is 2. The van der Waals surface area contributed by atoms with E-state index in [0.717, 1.165) is 16.5 Å². The molecule has 0 saturated carbocycles. The van der Waals surface area contributed by atoms with Gasteiger partial charge < -0.3 is 19.4 Å². The summed E-state index contributed by atoms with van der Waals surface area (Å²) in [6.07, 6.45) is 3.53. The van der Waals surface area contributed by atoms with Crippen LogP contribution in [-0.4, -0.2) is 28.7 Å². The number of hydrogen-bond donors (Lipinski definition) is 2. The third kappa shape index (κ3) is 3.06. The summed E-state index contributed by atoms with van der Waals surface area (Å²) in [7, 11) is 1.57. The lowest BCUT2D eigenvalue weighted by Gasteiger charge is -2.11. The average molecular weight is 361 g/mol. The van der Waals surface area contributed by atoms with Crippen LogP contribution in [0.1, 0.15) is 6.92 Å². The van der Waals surface area contributed by atoms with Crippen molar-refractivity contribution in [2.45, 2.75) is 6.92 Å². The maximum absolute atomic E-state index is 12.4. The van der Waals surface area contributed by atoms with Crippen LogP contribution in [0.5, 0.6) is 11.5 Å². The number of nitrogens with zero attached hydrogens (tertiary/aromatic N) is 1. The minimum atomic E-state index is -0.259. The molecule has 6 heteroatoms. The highest BCUT2D eigenvalue weighted by Crippen LogP contribution is 2.32. The summed E-state index contributed by atoms with van der Waals surface area (Å²) in [5, 5.41) is 1.05. The number of H-pyrrole nitrogens is 2. The van der Waals surface area contributed by atoms with E-state index in [1.807, 2.05) is 43.5 Å². The first kappa shape index (κ1) is 16.9. The molecule has 2 N–H and O–H groups in total. The van der Waals surface area contributed by atoms with Gasteiger partial charge in [0.05, 0.1) is 19.4 Å². The molecule has 0 atom stereocenters. The Morgan fingerprint density at radius 1 is 1.04 bits per heavy atom. The third-order valence-corrected chi connectivity index (χ3v) is 4.39. The summed E-state index contributed by atoms with van der Waals surface area (Å²) in [6, 6.07) is 13.3. The normalized spacial score (nSPS) is 10.9. The predicted molar refractivity (Wildman–Crippen MR) is 105 cm³/mol. The van der Waals surface area contributed by atoms with E-state index < -0.39 is 0 Å². The Hall–Kier alpha value is -3.54. The largest absolute Gasteiger partial charge is 0.493 e. The average Bonchev–Trinajstić information content (AvgIpc) is 3.13. The molecule has 2 heterocycles. The topological polar surface area (TPSA) is 80.0 Å². The van der Waals surface area contributed by atoms with Crippen LogP contribution in [0, 0.1) is 0 Å². The number of aromatic amines is 2. The molecule has 0 bridgehead atoms. The number of nitrogens with one attached hydrogen (secondary N) is 2. The van der Waals surface area contributed by atoms with Crippen LogP contribution in [0.25, 0.3) is 33.4 Å². The van der Waals surface area contributed by atoms with E-state index in [2.05, 4.69) is 15.0 Å². The summed E-state index contributed by atoms with van der Waals surface area (Å²) in [5.74, 6) is 1.20. The second-order valence-corrected chi connectivity index (χ2v) is 6.01. The van der Waals surface area contributed by atoms with Crippen LogP contribution in [0.2, 0.25) is 0 Å². The lowest BCUT2D eigenvalue weighted by atomic mass is 10.1. The minimum absolute atomic E-state index is 0.259.